The quantitative estimate of drug-likeness (QED) is 0.823. The van der Waals surface area contributed by atoms with Crippen molar-refractivity contribution in [3.8, 4) is 11.1 Å². The van der Waals surface area contributed by atoms with Crippen LogP contribution in [0.1, 0.15) is 5.56 Å². The Morgan fingerprint density at radius 3 is 2.79 bits per heavy atom. The fraction of sp³-hybridized carbons (Fsp3) is 0.100. The first-order valence-electron chi connectivity index (χ1n) is 4.19. The molecule has 0 unspecified atom stereocenters. The summed E-state index contributed by atoms with van der Waals surface area (Å²) in [5.74, 6) is -0.255. The van der Waals surface area contributed by atoms with Crippen molar-refractivity contribution in [3.05, 3.63) is 41.2 Å². The van der Waals surface area contributed by atoms with E-state index in [9.17, 15) is 4.39 Å². The summed E-state index contributed by atoms with van der Waals surface area (Å²) in [6, 6.07) is 4.82. The molecule has 0 amide bonds. The highest BCUT2D eigenvalue weighted by atomic mass is 32.1. The largest absolute Gasteiger partial charge is 0.326 e. The van der Waals surface area contributed by atoms with E-state index < -0.39 is 0 Å². The zero-order chi connectivity index (χ0) is 9.97. The van der Waals surface area contributed by atoms with Crippen LogP contribution in [0.25, 0.3) is 11.1 Å². The van der Waals surface area contributed by atoms with Gasteiger partial charge in [-0.1, -0.05) is 0 Å². The van der Waals surface area contributed by atoms with Crippen molar-refractivity contribution in [3.63, 3.8) is 0 Å². The van der Waals surface area contributed by atoms with Crippen LogP contribution in [0.5, 0.6) is 0 Å². The summed E-state index contributed by atoms with van der Waals surface area (Å²) in [4.78, 5) is 0. The molecule has 2 aromatic rings. The van der Waals surface area contributed by atoms with Gasteiger partial charge in [-0.15, -0.1) is 0 Å². The molecule has 0 spiro atoms. The van der Waals surface area contributed by atoms with Crippen molar-refractivity contribution in [2.24, 2.45) is 5.73 Å². The van der Waals surface area contributed by atoms with E-state index in [1.165, 1.54) is 23.7 Å². The first kappa shape index (κ1) is 9.30. The highest BCUT2D eigenvalue weighted by molar-refractivity contribution is 7.03. The van der Waals surface area contributed by atoms with Gasteiger partial charge in [0.15, 0.2) is 0 Å². The summed E-state index contributed by atoms with van der Waals surface area (Å²) >= 11 is 1.35. The topological polar surface area (TPSA) is 38.9 Å². The van der Waals surface area contributed by atoms with Gasteiger partial charge in [-0.25, -0.2) is 8.76 Å². The summed E-state index contributed by atoms with van der Waals surface area (Å²) in [5, 5.41) is 1.88. The van der Waals surface area contributed by atoms with E-state index >= 15 is 0 Å². The SMILES string of the molecule is NCc1cc(F)cc(-c2cnsc2)c1. The first-order chi connectivity index (χ1) is 6.79. The van der Waals surface area contributed by atoms with E-state index in [1.54, 1.807) is 6.20 Å². The summed E-state index contributed by atoms with van der Waals surface area (Å²) in [5.41, 5.74) is 8.03. The van der Waals surface area contributed by atoms with Gasteiger partial charge in [-0.2, -0.15) is 0 Å². The molecule has 2 nitrogen and oxygen atoms in total. The minimum Gasteiger partial charge on any atom is -0.326 e. The fourth-order valence-corrected chi connectivity index (χ4v) is 1.83. The Kier molecular flexibility index (Phi) is 2.56. The van der Waals surface area contributed by atoms with Crippen molar-refractivity contribution >= 4 is 11.5 Å². The molecule has 1 aromatic carbocycles. The van der Waals surface area contributed by atoms with E-state index in [0.29, 0.717) is 6.54 Å². The molecule has 0 saturated heterocycles. The van der Waals surface area contributed by atoms with Gasteiger partial charge in [-0.05, 0) is 40.9 Å². The monoisotopic (exact) mass is 208 g/mol. The number of benzene rings is 1. The molecule has 4 heteroatoms. The molecule has 0 radical (unpaired) electrons. The van der Waals surface area contributed by atoms with Crippen molar-refractivity contribution in [2.45, 2.75) is 6.54 Å². The lowest BCUT2D eigenvalue weighted by Gasteiger charge is -2.01. The van der Waals surface area contributed by atoms with Gasteiger partial charge in [-0.3, -0.25) is 0 Å². The van der Waals surface area contributed by atoms with Crippen molar-refractivity contribution in [1.29, 1.82) is 0 Å². The summed E-state index contributed by atoms with van der Waals surface area (Å²) < 4.78 is 17.1. The van der Waals surface area contributed by atoms with Gasteiger partial charge in [0, 0.05) is 23.7 Å². The molecule has 0 aliphatic carbocycles. The van der Waals surface area contributed by atoms with Crippen LogP contribution in [0.4, 0.5) is 4.39 Å². The van der Waals surface area contributed by atoms with Gasteiger partial charge in [0.25, 0.3) is 0 Å². The van der Waals surface area contributed by atoms with Crippen molar-refractivity contribution < 1.29 is 4.39 Å². The Morgan fingerprint density at radius 1 is 1.29 bits per heavy atom. The summed E-state index contributed by atoms with van der Waals surface area (Å²) in [7, 11) is 0. The molecule has 0 aliphatic rings. The molecular weight excluding hydrogens is 199 g/mol. The van der Waals surface area contributed by atoms with E-state index in [2.05, 4.69) is 4.37 Å². The van der Waals surface area contributed by atoms with E-state index in [0.717, 1.165) is 16.7 Å². The highest BCUT2D eigenvalue weighted by Gasteiger charge is 2.03. The smallest absolute Gasteiger partial charge is 0.124 e. The molecule has 0 fully saturated rings. The lowest BCUT2D eigenvalue weighted by molar-refractivity contribution is 0.626. The molecule has 72 valence electrons. The molecule has 0 atom stereocenters. The molecule has 0 bridgehead atoms. The predicted octanol–water partition coefficient (Wildman–Crippen LogP) is 2.41. The lowest BCUT2D eigenvalue weighted by atomic mass is 10.1. The van der Waals surface area contributed by atoms with E-state index in [4.69, 9.17) is 5.73 Å². The normalized spacial score (nSPS) is 10.4. The summed E-state index contributed by atoms with van der Waals surface area (Å²) in [6.07, 6.45) is 1.72. The van der Waals surface area contributed by atoms with Gasteiger partial charge < -0.3 is 5.73 Å². The second-order valence-electron chi connectivity index (χ2n) is 2.97. The zero-order valence-electron chi connectivity index (χ0n) is 7.40. The third-order valence-electron chi connectivity index (χ3n) is 1.96. The van der Waals surface area contributed by atoms with Crippen molar-refractivity contribution in [2.75, 3.05) is 0 Å². The standard InChI is InChI=1S/C10H9FN2S/c11-10-2-7(4-12)1-8(3-10)9-5-13-14-6-9/h1-3,5-6H,4,12H2. The maximum Gasteiger partial charge on any atom is 0.124 e. The first-order valence-corrected chi connectivity index (χ1v) is 5.02. The lowest BCUT2D eigenvalue weighted by Crippen LogP contribution is -1.97. The fourth-order valence-electron chi connectivity index (χ4n) is 1.28. The van der Waals surface area contributed by atoms with Crippen LogP contribution in [0.15, 0.2) is 29.8 Å². The van der Waals surface area contributed by atoms with Crippen LogP contribution in [0.2, 0.25) is 0 Å². The van der Waals surface area contributed by atoms with Gasteiger partial charge in [0.1, 0.15) is 5.82 Å². The van der Waals surface area contributed by atoms with Gasteiger partial charge >= 0.3 is 0 Å². The van der Waals surface area contributed by atoms with Crippen LogP contribution < -0.4 is 5.73 Å². The molecule has 2 rings (SSSR count). The Hall–Kier alpha value is -1.26. The van der Waals surface area contributed by atoms with Crippen LogP contribution in [0.3, 0.4) is 0 Å². The van der Waals surface area contributed by atoms with Gasteiger partial charge in [0.2, 0.25) is 0 Å². The maximum atomic E-state index is 13.1. The second kappa shape index (κ2) is 3.86. The van der Waals surface area contributed by atoms with Crippen molar-refractivity contribution in [1.82, 2.24) is 4.37 Å². The summed E-state index contributed by atoms with van der Waals surface area (Å²) in [6.45, 7) is 0.350. The third-order valence-corrected chi connectivity index (χ3v) is 2.55. The second-order valence-corrected chi connectivity index (χ2v) is 3.62. The molecule has 1 aromatic heterocycles. The molecular formula is C10H9FN2S. The molecule has 14 heavy (non-hydrogen) atoms. The van der Waals surface area contributed by atoms with Gasteiger partial charge in [0.05, 0.1) is 0 Å². The molecule has 2 N–H and O–H groups in total. The number of hydrogen-bond donors (Lipinski definition) is 1. The van der Waals surface area contributed by atoms with Crippen LogP contribution >= 0.6 is 11.5 Å². The van der Waals surface area contributed by atoms with Crippen LogP contribution in [-0.4, -0.2) is 4.37 Å². The number of aromatic nitrogens is 1. The predicted molar refractivity (Wildman–Crippen MR) is 55.4 cm³/mol. The average Bonchev–Trinajstić information content (AvgIpc) is 2.69. The maximum absolute atomic E-state index is 13.1. The van der Waals surface area contributed by atoms with Crippen LogP contribution in [-0.2, 0) is 6.54 Å². The number of halogens is 1. The molecule has 1 heterocycles. The third kappa shape index (κ3) is 1.81. The minimum atomic E-state index is -0.255. The molecule has 0 aliphatic heterocycles. The Labute approximate surface area is 85.4 Å². The Bertz CT molecular complexity index is 426. The molecule has 0 saturated carbocycles. The van der Waals surface area contributed by atoms with E-state index in [-0.39, 0.29) is 5.82 Å². The number of nitrogens with zero attached hydrogens (tertiary/aromatic N) is 1. The highest BCUT2D eigenvalue weighted by Crippen LogP contribution is 2.22. The number of hydrogen-bond acceptors (Lipinski definition) is 3. The number of rotatable bonds is 2. The minimum absolute atomic E-state index is 0.255. The Morgan fingerprint density at radius 2 is 2.14 bits per heavy atom. The zero-order valence-corrected chi connectivity index (χ0v) is 8.22. The average molecular weight is 208 g/mol. The van der Waals surface area contributed by atoms with Crippen LogP contribution in [0, 0.1) is 5.82 Å². The van der Waals surface area contributed by atoms with E-state index in [1.807, 2.05) is 11.4 Å². The Balaban J connectivity index is 2.48. The number of nitrogens with two attached hydrogens (primary N) is 1.